The minimum atomic E-state index is 0.178. The fourth-order valence-corrected chi connectivity index (χ4v) is 3.00. The number of aryl methyl sites for hydroxylation is 2. The van der Waals surface area contributed by atoms with Crippen LogP contribution in [0.4, 0.5) is 0 Å². The van der Waals surface area contributed by atoms with Crippen LogP contribution in [0.1, 0.15) is 50.2 Å². The van der Waals surface area contributed by atoms with E-state index in [1.165, 1.54) is 32.1 Å². The number of hydrogen-bond acceptors (Lipinski definition) is 2. The highest BCUT2D eigenvalue weighted by Crippen LogP contribution is 2.26. The summed E-state index contributed by atoms with van der Waals surface area (Å²) in [6.45, 7) is 7.07. The zero-order valence-corrected chi connectivity index (χ0v) is 13.6. The van der Waals surface area contributed by atoms with Crippen molar-refractivity contribution >= 4 is 11.6 Å². The lowest BCUT2D eigenvalue weighted by Crippen LogP contribution is -2.37. The number of halogens is 1. The molecule has 112 valence electrons. The molecule has 1 fully saturated rings. The van der Waals surface area contributed by atoms with Gasteiger partial charge in [0.15, 0.2) is 0 Å². The minimum absolute atomic E-state index is 0.178. The Morgan fingerprint density at radius 3 is 2.40 bits per heavy atom. The molecule has 20 heavy (non-hydrogen) atoms. The van der Waals surface area contributed by atoms with E-state index in [2.05, 4.69) is 12.2 Å². The monoisotopic (exact) mass is 295 g/mol. The van der Waals surface area contributed by atoms with Gasteiger partial charge < -0.3 is 10.1 Å². The highest BCUT2D eigenvalue weighted by molar-refractivity contribution is 6.32. The third-order valence-corrected chi connectivity index (χ3v) is 4.64. The van der Waals surface area contributed by atoms with Crippen LogP contribution in [0.15, 0.2) is 12.1 Å². The second-order valence-corrected chi connectivity index (χ2v) is 6.42. The first-order chi connectivity index (χ1) is 9.56. The zero-order chi connectivity index (χ0) is 14.5. The third-order valence-electron chi connectivity index (χ3n) is 4.05. The molecule has 0 amide bonds. The molecule has 2 nitrogen and oxygen atoms in total. The molecule has 0 heterocycles. The molecule has 1 unspecified atom stereocenters. The summed E-state index contributed by atoms with van der Waals surface area (Å²) >= 11 is 6.18. The Labute approximate surface area is 127 Å². The first-order valence-electron chi connectivity index (χ1n) is 7.73. The predicted octanol–water partition coefficient (Wildman–Crippen LogP) is 4.65. The lowest BCUT2D eigenvalue weighted by molar-refractivity contribution is 0.205. The van der Waals surface area contributed by atoms with Crippen LogP contribution in [0, 0.1) is 13.8 Å². The van der Waals surface area contributed by atoms with Crippen molar-refractivity contribution in [1.82, 2.24) is 5.32 Å². The summed E-state index contributed by atoms with van der Waals surface area (Å²) in [4.78, 5) is 0. The van der Waals surface area contributed by atoms with Gasteiger partial charge in [-0.2, -0.15) is 0 Å². The summed E-state index contributed by atoms with van der Waals surface area (Å²) < 4.78 is 6.00. The highest BCUT2D eigenvalue weighted by Gasteiger charge is 2.14. The van der Waals surface area contributed by atoms with E-state index in [1.54, 1.807) is 0 Å². The van der Waals surface area contributed by atoms with Gasteiger partial charge in [-0.1, -0.05) is 30.9 Å². The Morgan fingerprint density at radius 1 is 1.20 bits per heavy atom. The van der Waals surface area contributed by atoms with Gasteiger partial charge in [0.25, 0.3) is 0 Å². The van der Waals surface area contributed by atoms with E-state index in [0.29, 0.717) is 6.04 Å². The number of benzene rings is 1. The maximum atomic E-state index is 6.18. The fourth-order valence-electron chi connectivity index (χ4n) is 2.89. The molecule has 0 spiro atoms. The molecule has 1 aliphatic carbocycles. The maximum Gasteiger partial charge on any atom is 0.120 e. The summed E-state index contributed by atoms with van der Waals surface area (Å²) in [6, 6.07) is 4.72. The Bertz CT molecular complexity index is 418. The lowest BCUT2D eigenvalue weighted by atomic mass is 9.95. The summed E-state index contributed by atoms with van der Waals surface area (Å²) in [5.74, 6) is 0.919. The summed E-state index contributed by atoms with van der Waals surface area (Å²) in [6.07, 6.45) is 6.92. The number of hydrogen-bond donors (Lipinski definition) is 1. The predicted molar refractivity (Wildman–Crippen MR) is 85.9 cm³/mol. The van der Waals surface area contributed by atoms with Crippen molar-refractivity contribution in [3.63, 3.8) is 0 Å². The summed E-state index contributed by atoms with van der Waals surface area (Å²) in [5, 5.41) is 4.47. The van der Waals surface area contributed by atoms with Gasteiger partial charge in [0.2, 0.25) is 0 Å². The van der Waals surface area contributed by atoms with Gasteiger partial charge in [-0.3, -0.25) is 0 Å². The van der Waals surface area contributed by atoms with Gasteiger partial charge in [0.1, 0.15) is 11.9 Å². The van der Waals surface area contributed by atoms with E-state index in [9.17, 15) is 0 Å². The van der Waals surface area contributed by atoms with Crippen molar-refractivity contribution in [2.45, 2.75) is 65.0 Å². The largest absolute Gasteiger partial charge is 0.489 e. The van der Waals surface area contributed by atoms with Crippen molar-refractivity contribution in [2.24, 2.45) is 0 Å². The molecule has 1 saturated carbocycles. The Kier molecular flexibility index (Phi) is 5.74. The standard InChI is InChI=1S/C17H26ClNO/c1-12-9-16(10-13(2)17(12)18)20-14(3)11-19-15-7-5-4-6-8-15/h9-10,14-15,19H,4-8,11H2,1-3H3. The average Bonchev–Trinajstić information content (AvgIpc) is 2.43. The quantitative estimate of drug-likeness (QED) is 0.854. The molecule has 1 aromatic carbocycles. The normalized spacial score (nSPS) is 18.0. The Morgan fingerprint density at radius 2 is 1.80 bits per heavy atom. The van der Waals surface area contributed by atoms with Crippen LogP contribution in [0.5, 0.6) is 5.75 Å². The van der Waals surface area contributed by atoms with Crippen LogP contribution in [0.25, 0.3) is 0 Å². The molecule has 0 radical (unpaired) electrons. The molecule has 0 bridgehead atoms. The molecular weight excluding hydrogens is 270 g/mol. The lowest BCUT2D eigenvalue weighted by Gasteiger charge is -2.25. The average molecular weight is 296 g/mol. The van der Waals surface area contributed by atoms with Crippen molar-refractivity contribution in [1.29, 1.82) is 0 Å². The van der Waals surface area contributed by atoms with Gasteiger partial charge in [0.05, 0.1) is 0 Å². The molecular formula is C17H26ClNO. The van der Waals surface area contributed by atoms with E-state index < -0.39 is 0 Å². The maximum absolute atomic E-state index is 6.18. The molecule has 1 N–H and O–H groups in total. The highest BCUT2D eigenvalue weighted by atomic mass is 35.5. The summed E-state index contributed by atoms with van der Waals surface area (Å²) in [5.41, 5.74) is 2.16. The van der Waals surface area contributed by atoms with Gasteiger partial charge in [-0.05, 0) is 56.9 Å². The topological polar surface area (TPSA) is 21.3 Å². The molecule has 1 aliphatic rings. The van der Waals surface area contributed by atoms with Crippen molar-refractivity contribution in [3.05, 3.63) is 28.3 Å². The van der Waals surface area contributed by atoms with Gasteiger partial charge in [-0.15, -0.1) is 0 Å². The second kappa shape index (κ2) is 7.33. The SMILES string of the molecule is Cc1cc(OC(C)CNC2CCCCC2)cc(C)c1Cl. The third kappa shape index (κ3) is 4.39. The molecule has 1 aromatic rings. The van der Waals surface area contributed by atoms with E-state index in [0.717, 1.165) is 28.4 Å². The van der Waals surface area contributed by atoms with Crippen LogP contribution in [-0.2, 0) is 0 Å². The van der Waals surface area contributed by atoms with E-state index in [1.807, 2.05) is 26.0 Å². The molecule has 0 aliphatic heterocycles. The number of rotatable bonds is 5. The van der Waals surface area contributed by atoms with Crippen LogP contribution in [0.3, 0.4) is 0 Å². The van der Waals surface area contributed by atoms with Crippen molar-refractivity contribution in [2.75, 3.05) is 6.54 Å². The van der Waals surface area contributed by atoms with Crippen LogP contribution >= 0.6 is 11.6 Å². The van der Waals surface area contributed by atoms with Crippen molar-refractivity contribution in [3.8, 4) is 5.75 Å². The number of nitrogens with one attached hydrogen (secondary N) is 1. The Hall–Kier alpha value is -0.730. The van der Waals surface area contributed by atoms with Gasteiger partial charge in [-0.25, -0.2) is 0 Å². The van der Waals surface area contributed by atoms with Crippen LogP contribution in [0.2, 0.25) is 5.02 Å². The fraction of sp³-hybridized carbons (Fsp3) is 0.647. The summed E-state index contributed by atoms with van der Waals surface area (Å²) in [7, 11) is 0. The zero-order valence-electron chi connectivity index (χ0n) is 12.8. The number of ether oxygens (including phenoxy) is 1. The van der Waals surface area contributed by atoms with Crippen LogP contribution < -0.4 is 10.1 Å². The Balaban J connectivity index is 1.83. The molecule has 0 aromatic heterocycles. The minimum Gasteiger partial charge on any atom is -0.489 e. The molecule has 1 atom stereocenters. The molecule has 0 saturated heterocycles. The first-order valence-corrected chi connectivity index (χ1v) is 8.11. The van der Waals surface area contributed by atoms with Crippen molar-refractivity contribution < 1.29 is 4.74 Å². The van der Waals surface area contributed by atoms with E-state index >= 15 is 0 Å². The second-order valence-electron chi connectivity index (χ2n) is 6.04. The van der Waals surface area contributed by atoms with Gasteiger partial charge in [0, 0.05) is 17.6 Å². The van der Waals surface area contributed by atoms with E-state index in [4.69, 9.17) is 16.3 Å². The smallest absolute Gasteiger partial charge is 0.120 e. The van der Waals surface area contributed by atoms with E-state index in [-0.39, 0.29) is 6.10 Å². The van der Waals surface area contributed by atoms with Crippen LogP contribution in [-0.4, -0.2) is 18.7 Å². The molecule has 3 heteroatoms. The first kappa shape index (κ1) is 15.7. The molecule has 2 rings (SSSR count). The van der Waals surface area contributed by atoms with Gasteiger partial charge >= 0.3 is 0 Å².